The third-order valence-corrected chi connectivity index (χ3v) is 4.31. The van der Waals surface area contributed by atoms with Crippen LogP contribution in [-0.2, 0) is 6.42 Å². The predicted molar refractivity (Wildman–Crippen MR) is 87.3 cm³/mol. The SMILES string of the molecule is CCNCCCc1nnc(C(C)Oc2cccc(Cl)c2)s1. The number of aromatic nitrogens is 2. The quantitative estimate of drug-likeness (QED) is 0.748. The molecular formula is C15H20ClN3OS. The molecule has 0 fully saturated rings. The lowest BCUT2D eigenvalue weighted by atomic mass is 10.3. The van der Waals surface area contributed by atoms with Crippen LogP contribution in [0.3, 0.4) is 0 Å². The van der Waals surface area contributed by atoms with Crippen LogP contribution in [0.2, 0.25) is 5.02 Å². The van der Waals surface area contributed by atoms with E-state index in [1.807, 2.05) is 25.1 Å². The van der Waals surface area contributed by atoms with Gasteiger partial charge in [0.2, 0.25) is 0 Å². The topological polar surface area (TPSA) is 47.0 Å². The van der Waals surface area contributed by atoms with E-state index in [2.05, 4.69) is 22.4 Å². The van der Waals surface area contributed by atoms with E-state index in [4.69, 9.17) is 16.3 Å². The molecule has 2 rings (SSSR count). The fraction of sp³-hybridized carbons (Fsp3) is 0.467. The first-order valence-corrected chi connectivity index (χ1v) is 8.33. The molecule has 6 heteroatoms. The van der Waals surface area contributed by atoms with Crippen LogP contribution in [0.4, 0.5) is 0 Å². The van der Waals surface area contributed by atoms with Crippen molar-refractivity contribution in [3.63, 3.8) is 0 Å². The number of halogens is 1. The molecule has 1 N–H and O–H groups in total. The van der Waals surface area contributed by atoms with Crippen molar-refractivity contribution in [2.75, 3.05) is 13.1 Å². The van der Waals surface area contributed by atoms with Crippen molar-refractivity contribution in [3.8, 4) is 5.75 Å². The molecule has 0 amide bonds. The molecule has 0 bridgehead atoms. The van der Waals surface area contributed by atoms with Crippen molar-refractivity contribution in [1.29, 1.82) is 0 Å². The van der Waals surface area contributed by atoms with Crippen LogP contribution in [0.5, 0.6) is 5.75 Å². The van der Waals surface area contributed by atoms with Gasteiger partial charge in [0.05, 0.1) is 0 Å². The molecule has 0 spiro atoms. The number of aryl methyl sites for hydroxylation is 1. The summed E-state index contributed by atoms with van der Waals surface area (Å²) in [5, 5.41) is 14.4. The van der Waals surface area contributed by atoms with Crippen LogP contribution in [0.15, 0.2) is 24.3 Å². The number of benzene rings is 1. The zero-order chi connectivity index (χ0) is 15.1. The van der Waals surface area contributed by atoms with Crippen LogP contribution in [-0.4, -0.2) is 23.3 Å². The van der Waals surface area contributed by atoms with Gasteiger partial charge >= 0.3 is 0 Å². The van der Waals surface area contributed by atoms with Gasteiger partial charge in [-0.25, -0.2) is 0 Å². The van der Waals surface area contributed by atoms with Gasteiger partial charge in [-0.2, -0.15) is 0 Å². The molecule has 0 aliphatic rings. The number of nitrogens with zero attached hydrogens (tertiary/aromatic N) is 2. The Hall–Kier alpha value is -1.17. The van der Waals surface area contributed by atoms with Crippen LogP contribution in [0.1, 0.15) is 36.4 Å². The van der Waals surface area contributed by atoms with E-state index in [1.165, 1.54) is 0 Å². The maximum absolute atomic E-state index is 5.95. The second-order valence-corrected chi connectivity index (χ2v) is 6.24. The first-order chi connectivity index (χ1) is 10.2. The summed E-state index contributed by atoms with van der Waals surface area (Å²) in [5.41, 5.74) is 0. The molecule has 2 aromatic rings. The zero-order valence-corrected chi connectivity index (χ0v) is 13.9. The van der Waals surface area contributed by atoms with E-state index < -0.39 is 0 Å². The molecule has 1 heterocycles. The molecule has 0 saturated carbocycles. The molecule has 0 radical (unpaired) electrons. The molecule has 0 aliphatic carbocycles. The zero-order valence-electron chi connectivity index (χ0n) is 12.3. The smallest absolute Gasteiger partial charge is 0.157 e. The van der Waals surface area contributed by atoms with Crippen LogP contribution < -0.4 is 10.1 Å². The standard InChI is InChI=1S/C15H20ClN3OS/c1-3-17-9-5-8-14-18-19-15(21-14)11(2)20-13-7-4-6-12(16)10-13/h4,6-7,10-11,17H,3,5,8-9H2,1-2H3. The minimum absolute atomic E-state index is 0.122. The molecule has 1 aromatic carbocycles. The first-order valence-electron chi connectivity index (χ1n) is 7.14. The Kier molecular flexibility index (Phi) is 6.42. The molecule has 4 nitrogen and oxygen atoms in total. The third kappa shape index (κ3) is 5.26. The van der Waals surface area contributed by atoms with Crippen molar-refractivity contribution in [2.45, 2.75) is 32.8 Å². The highest BCUT2D eigenvalue weighted by molar-refractivity contribution is 7.11. The average Bonchev–Trinajstić information content (AvgIpc) is 2.93. The third-order valence-electron chi connectivity index (χ3n) is 2.93. The van der Waals surface area contributed by atoms with Crippen molar-refractivity contribution in [2.24, 2.45) is 0 Å². The molecule has 1 unspecified atom stereocenters. The minimum Gasteiger partial charge on any atom is -0.483 e. The predicted octanol–water partition coefficient (Wildman–Crippen LogP) is 3.87. The molecule has 21 heavy (non-hydrogen) atoms. The highest BCUT2D eigenvalue weighted by atomic mass is 35.5. The van der Waals surface area contributed by atoms with Gasteiger partial charge < -0.3 is 10.1 Å². The van der Waals surface area contributed by atoms with E-state index in [9.17, 15) is 0 Å². The second-order valence-electron chi connectivity index (χ2n) is 4.71. The highest BCUT2D eigenvalue weighted by Crippen LogP contribution is 2.26. The van der Waals surface area contributed by atoms with Crippen molar-refractivity contribution in [1.82, 2.24) is 15.5 Å². The summed E-state index contributed by atoms with van der Waals surface area (Å²) >= 11 is 7.56. The molecular weight excluding hydrogens is 306 g/mol. The minimum atomic E-state index is -0.122. The van der Waals surface area contributed by atoms with E-state index in [1.54, 1.807) is 17.4 Å². The maximum Gasteiger partial charge on any atom is 0.157 e. The lowest BCUT2D eigenvalue weighted by Gasteiger charge is -2.11. The summed E-state index contributed by atoms with van der Waals surface area (Å²) in [6.45, 7) is 6.10. The van der Waals surface area contributed by atoms with Gasteiger partial charge in [-0.3, -0.25) is 0 Å². The second kappa shape index (κ2) is 8.32. The number of hydrogen-bond donors (Lipinski definition) is 1. The average molecular weight is 326 g/mol. The van der Waals surface area contributed by atoms with Crippen LogP contribution in [0.25, 0.3) is 0 Å². The first kappa shape index (κ1) is 16.2. The van der Waals surface area contributed by atoms with Gasteiger partial charge in [0, 0.05) is 11.4 Å². The molecule has 0 saturated heterocycles. The number of ether oxygens (including phenoxy) is 1. The normalized spacial score (nSPS) is 12.3. The number of hydrogen-bond acceptors (Lipinski definition) is 5. The fourth-order valence-corrected chi connectivity index (χ4v) is 2.91. The summed E-state index contributed by atoms with van der Waals surface area (Å²) < 4.78 is 5.85. The van der Waals surface area contributed by atoms with Gasteiger partial charge in [0.1, 0.15) is 16.9 Å². The Balaban J connectivity index is 1.88. The van der Waals surface area contributed by atoms with E-state index in [0.717, 1.165) is 41.7 Å². The van der Waals surface area contributed by atoms with Crippen LogP contribution >= 0.6 is 22.9 Å². The summed E-state index contributed by atoms with van der Waals surface area (Å²) in [4.78, 5) is 0. The van der Waals surface area contributed by atoms with Crippen LogP contribution in [0, 0.1) is 0 Å². The van der Waals surface area contributed by atoms with E-state index in [0.29, 0.717) is 5.02 Å². The van der Waals surface area contributed by atoms with Gasteiger partial charge in [-0.1, -0.05) is 35.9 Å². The van der Waals surface area contributed by atoms with Gasteiger partial charge in [0.15, 0.2) is 5.01 Å². The Bertz CT molecular complexity index is 561. The highest BCUT2D eigenvalue weighted by Gasteiger charge is 2.13. The van der Waals surface area contributed by atoms with Gasteiger partial charge in [-0.05, 0) is 44.6 Å². The largest absolute Gasteiger partial charge is 0.483 e. The lowest BCUT2D eigenvalue weighted by molar-refractivity contribution is 0.225. The Morgan fingerprint density at radius 1 is 1.38 bits per heavy atom. The molecule has 1 aromatic heterocycles. The van der Waals surface area contributed by atoms with Gasteiger partial charge in [-0.15, -0.1) is 10.2 Å². The number of rotatable bonds is 8. The molecule has 114 valence electrons. The molecule has 1 atom stereocenters. The van der Waals surface area contributed by atoms with Crippen molar-refractivity contribution in [3.05, 3.63) is 39.3 Å². The van der Waals surface area contributed by atoms with Gasteiger partial charge in [0.25, 0.3) is 0 Å². The fourth-order valence-electron chi connectivity index (χ4n) is 1.87. The van der Waals surface area contributed by atoms with E-state index >= 15 is 0 Å². The summed E-state index contributed by atoms with van der Waals surface area (Å²) in [6.07, 6.45) is 1.91. The Labute approximate surface area is 134 Å². The monoisotopic (exact) mass is 325 g/mol. The molecule has 0 aliphatic heterocycles. The Morgan fingerprint density at radius 2 is 2.24 bits per heavy atom. The Morgan fingerprint density at radius 3 is 3.00 bits per heavy atom. The summed E-state index contributed by atoms with van der Waals surface area (Å²) in [6, 6.07) is 7.39. The van der Waals surface area contributed by atoms with Crippen molar-refractivity contribution >= 4 is 22.9 Å². The summed E-state index contributed by atoms with van der Waals surface area (Å²) in [7, 11) is 0. The van der Waals surface area contributed by atoms with E-state index in [-0.39, 0.29) is 6.10 Å². The maximum atomic E-state index is 5.95. The number of nitrogens with one attached hydrogen (secondary N) is 1. The summed E-state index contributed by atoms with van der Waals surface area (Å²) in [5.74, 6) is 0.749. The lowest BCUT2D eigenvalue weighted by Crippen LogP contribution is -2.14. The van der Waals surface area contributed by atoms with Crippen molar-refractivity contribution < 1.29 is 4.74 Å².